The van der Waals surface area contributed by atoms with Crippen LogP contribution < -0.4 is 20.7 Å². The first-order chi connectivity index (χ1) is 16.9. The molecule has 0 saturated carbocycles. The van der Waals surface area contributed by atoms with Gasteiger partial charge in [-0.3, -0.25) is 4.79 Å². The van der Waals surface area contributed by atoms with Crippen molar-refractivity contribution in [1.82, 2.24) is 20.0 Å². The molecule has 192 valence electrons. The summed E-state index contributed by atoms with van der Waals surface area (Å²) in [5.41, 5.74) is 1.88. The molecule has 15 heteroatoms. The standard InChI is InChI=1S/C19H20N6O3S.C2HF3O2/c1-20-19(26)13-6-8-14(9-7-13)24-17-11-18(23-12-22-17)25-15-4-3-5-16(10-15)29(27,28)21-2;3-2(4,5)1(6)7/h3-12,21H,1-2H3,(H,20,26)(H2,22,23,24,25);(H,6,7). The number of nitrogens with zero attached hydrogens (tertiary/aromatic N) is 2. The maximum absolute atomic E-state index is 11.9. The minimum absolute atomic E-state index is 0.147. The van der Waals surface area contributed by atoms with Gasteiger partial charge in [0.15, 0.2) is 0 Å². The van der Waals surface area contributed by atoms with E-state index in [1.54, 1.807) is 49.5 Å². The van der Waals surface area contributed by atoms with Gasteiger partial charge in [0.1, 0.15) is 18.0 Å². The molecule has 0 unspecified atom stereocenters. The second kappa shape index (κ2) is 11.9. The van der Waals surface area contributed by atoms with Gasteiger partial charge in [-0.15, -0.1) is 0 Å². The Labute approximate surface area is 203 Å². The molecule has 0 aliphatic rings. The number of amides is 1. The number of aromatic nitrogens is 2. The van der Waals surface area contributed by atoms with Crippen molar-refractivity contribution in [3.8, 4) is 0 Å². The van der Waals surface area contributed by atoms with Crippen LogP contribution in [0, 0.1) is 0 Å². The van der Waals surface area contributed by atoms with E-state index in [1.807, 2.05) is 0 Å². The van der Waals surface area contributed by atoms with E-state index in [9.17, 15) is 26.4 Å². The van der Waals surface area contributed by atoms with Gasteiger partial charge in [-0.05, 0) is 49.5 Å². The van der Waals surface area contributed by atoms with Crippen molar-refractivity contribution in [3.63, 3.8) is 0 Å². The van der Waals surface area contributed by atoms with Gasteiger partial charge in [-0.1, -0.05) is 6.07 Å². The third-order valence-electron chi connectivity index (χ3n) is 4.24. The summed E-state index contributed by atoms with van der Waals surface area (Å²) in [6, 6.07) is 15.0. The molecule has 11 nitrogen and oxygen atoms in total. The minimum Gasteiger partial charge on any atom is -0.475 e. The monoisotopic (exact) mass is 526 g/mol. The van der Waals surface area contributed by atoms with Crippen LogP contribution in [0.1, 0.15) is 10.4 Å². The Bertz CT molecular complexity index is 1320. The van der Waals surface area contributed by atoms with Crippen LogP contribution in [-0.4, -0.2) is 55.6 Å². The Morgan fingerprint density at radius 2 is 1.44 bits per heavy atom. The zero-order chi connectivity index (χ0) is 26.9. The highest BCUT2D eigenvalue weighted by Gasteiger charge is 2.38. The van der Waals surface area contributed by atoms with E-state index in [0.717, 1.165) is 5.69 Å². The van der Waals surface area contributed by atoms with Gasteiger partial charge in [0.2, 0.25) is 10.0 Å². The summed E-state index contributed by atoms with van der Waals surface area (Å²) in [5.74, 6) is -1.89. The average molecular weight is 526 g/mol. The summed E-state index contributed by atoms with van der Waals surface area (Å²) in [6.45, 7) is 0. The van der Waals surface area contributed by atoms with Crippen molar-refractivity contribution in [2.75, 3.05) is 24.7 Å². The zero-order valence-electron chi connectivity index (χ0n) is 18.8. The number of sulfonamides is 1. The predicted molar refractivity (Wildman–Crippen MR) is 125 cm³/mol. The van der Waals surface area contributed by atoms with Crippen LogP contribution >= 0.6 is 0 Å². The lowest BCUT2D eigenvalue weighted by atomic mass is 10.2. The van der Waals surface area contributed by atoms with Crippen LogP contribution in [0.15, 0.2) is 65.8 Å². The first-order valence-electron chi connectivity index (χ1n) is 9.87. The minimum atomic E-state index is -5.08. The van der Waals surface area contributed by atoms with Crippen molar-refractivity contribution in [3.05, 3.63) is 66.5 Å². The number of halogens is 3. The number of hydrogen-bond acceptors (Lipinski definition) is 8. The van der Waals surface area contributed by atoms with Crippen LogP contribution in [0.4, 0.5) is 36.2 Å². The molecule has 2 aromatic carbocycles. The van der Waals surface area contributed by atoms with Crippen molar-refractivity contribution in [2.45, 2.75) is 11.1 Å². The number of carbonyl (C=O) groups excluding carboxylic acids is 1. The van der Waals surface area contributed by atoms with E-state index in [1.165, 1.54) is 25.5 Å². The molecule has 1 aromatic heterocycles. The maximum atomic E-state index is 11.9. The van der Waals surface area contributed by atoms with E-state index < -0.39 is 22.2 Å². The van der Waals surface area contributed by atoms with E-state index in [4.69, 9.17) is 9.90 Å². The fraction of sp³-hybridized carbons (Fsp3) is 0.143. The lowest BCUT2D eigenvalue weighted by Gasteiger charge is -2.10. The molecular weight excluding hydrogens is 505 g/mol. The predicted octanol–water partition coefficient (Wildman–Crippen LogP) is 2.86. The van der Waals surface area contributed by atoms with Gasteiger partial charge in [-0.25, -0.2) is 27.9 Å². The van der Waals surface area contributed by atoms with Crippen LogP contribution in [0.25, 0.3) is 0 Å². The molecule has 0 saturated heterocycles. The highest BCUT2D eigenvalue weighted by molar-refractivity contribution is 7.89. The van der Waals surface area contributed by atoms with Crippen molar-refractivity contribution in [2.24, 2.45) is 0 Å². The molecule has 36 heavy (non-hydrogen) atoms. The molecular formula is C21H21F3N6O5S. The van der Waals surface area contributed by atoms with E-state index >= 15 is 0 Å². The van der Waals surface area contributed by atoms with Gasteiger partial charge in [0.05, 0.1) is 4.90 Å². The van der Waals surface area contributed by atoms with Gasteiger partial charge in [-0.2, -0.15) is 13.2 Å². The smallest absolute Gasteiger partial charge is 0.475 e. The average Bonchev–Trinajstić information content (AvgIpc) is 2.84. The van der Waals surface area contributed by atoms with Crippen LogP contribution in [-0.2, 0) is 14.8 Å². The van der Waals surface area contributed by atoms with Crippen LogP contribution in [0.3, 0.4) is 0 Å². The Kier molecular flexibility index (Phi) is 9.29. The summed E-state index contributed by atoms with van der Waals surface area (Å²) < 4.78 is 57.9. The molecule has 0 radical (unpaired) electrons. The van der Waals surface area contributed by atoms with E-state index in [2.05, 4.69) is 30.6 Å². The number of anilines is 4. The number of rotatable bonds is 7. The molecule has 0 fully saturated rings. The number of alkyl halides is 3. The molecule has 0 bridgehead atoms. The first kappa shape index (κ1) is 28.0. The topological polar surface area (TPSA) is 162 Å². The number of nitrogens with one attached hydrogen (secondary N) is 4. The van der Waals surface area contributed by atoms with Crippen LogP contribution in [0.2, 0.25) is 0 Å². The van der Waals surface area contributed by atoms with Gasteiger partial charge >= 0.3 is 12.1 Å². The highest BCUT2D eigenvalue weighted by atomic mass is 32.2. The van der Waals surface area contributed by atoms with E-state index in [-0.39, 0.29) is 10.8 Å². The number of carboxylic acid groups (broad SMARTS) is 1. The quantitative estimate of drug-likeness (QED) is 0.312. The summed E-state index contributed by atoms with van der Waals surface area (Å²) in [5, 5.41) is 15.9. The Morgan fingerprint density at radius 1 is 0.889 bits per heavy atom. The number of hydrogen-bond donors (Lipinski definition) is 5. The third kappa shape index (κ3) is 8.21. The Morgan fingerprint density at radius 3 is 1.94 bits per heavy atom. The number of carbonyl (C=O) groups is 2. The fourth-order valence-electron chi connectivity index (χ4n) is 2.50. The molecule has 1 heterocycles. The lowest BCUT2D eigenvalue weighted by Crippen LogP contribution is -2.21. The second-order valence-electron chi connectivity index (χ2n) is 6.73. The van der Waals surface area contributed by atoms with Crippen molar-refractivity contribution >= 4 is 44.9 Å². The SMILES string of the molecule is CNC(=O)c1ccc(Nc2cc(Nc3cccc(S(=O)(=O)NC)c3)ncn2)cc1.O=C(O)C(F)(F)F. The number of benzene rings is 2. The molecule has 0 spiro atoms. The summed E-state index contributed by atoms with van der Waals surface area (Å²) in [7, 11) is -0.600. The summed E-state index contributed by atoms with van der Waals surface area (Å²) in [6.07, 6.45) is -3.70. The summed E-state index contributed by atoms with van der Waals surface area (Å²) >= 11 is 0. The van der Waals surface area contributed by atoms with Crippen molar-refractivity contribution in [1.29, 1.82) is 0 Å². The lowest BCUT2D eigenvalue weighted by molar-refractivity contribution is -0.192. The molecule has 0 atom stereocenters. The third-order valence-corrected chi connectivity index (χ3v) is 5.65. The molecule has 1 amide bonds. The molecule has 3 rings (SSSR count). The number of aliphatic carboxylic acids is 1. The van der Waals surface area contributed by atoms with Crippen LogP contribution in [0.5, 0.6) is 0 Å². The molecule has 5 N–H and O–H groups in total. The highest BCUT2D eigenvalue weighted by Crippen LogP contribution is 2.21. The Hall–Kier alpha value is -4.24. The van der Waals surface area contributed by atoms with Crippen molar-refractivity contribution < 1.29 is 36.3 Å². The molecule has 0 aliphatic carbocycles. The molecule has 3 aromatic rings. The van der Waals surface area contributed by atoms with Gasteiger partial charge in [0.25, 0.3) is 5.91 Å². The summed E-state index contributed by atoms with van der Waals surface area (Å²) in [4.78, 5) is 29.0. The normalized spacial score (nSPS) is 11.0. The second-order valence-corrected chi connectivity index (χ2v) is 8.62. The first-order valence-corrected chi connectivity index (χ1v) is 11.4. The maximum Gasteiger partial charge on any atom is 0.490 e. The largest absolute Gasteiger partial charge is 0.490 e. The Balaban J connectivity index is 0.000000572. The van der Waals surface area contributed by atoms with E-state index in [0.29, 0.717) is 22.9 Å². The zero-order valence-corrected chi connectivity index (χ0v) is 19.6. The van der Waals surface area contributed by atoms with Gasteiger partial charge in [0, 0.05) is 30.1 Å². The fourth-order valence-corrected chi connectivity index (χ4v) is 3.27. The number of carboxylic acids is 1. The van der Waals surface area contributed by atoms with Gasteiger partial charge < -0.3 is 21.1 Å². The molecule has 0 aliphatic heterocycles.